The van der Waals surface area contributed by atoms with E-state index in [0.717, 1.165) is 50.8 Å². The van der Waals surface area contributed by atoms with Crippen LogP contribution in [0.5, 0.6) is 5.88 Å². The molecule has 1 saturated heterocycles. The average Bonchev–Trinajstić information content (AvgIpc) is 3.92. The van der Waals surface area contributed by atoms with Gasteiger partial charge in [-0.05, 0) is 52.9 Å². The molecule has 3 aromatic heterocycles. The zero-order valence-corrected chi connectivity index (χ0v) is 33.5. The van der Waals surface area contributed by atoms with Gasteiger partial charge in [0.15, 0.2) is 17.0 Å². The van der Waals surface area contributed by atoms with E-state index in [1.165, 1.54) is 0 Å². The van der Waals surface area contributed by atoms with Gasteiger partial charge in [0, 0.05) is 71.0 Å². The Morgan fingerprint density at radius 2 is 1.49 bits per heavy atom. The minimum absolute atomic E-state index is 0.0460. The third-order valence-electron chi connectivity index (χ3n) is 9.28. The highest BCUT2D eigenvalue weighted by Crippen LogP contribution is 2.32. The van der Waals surface area contributed by atoms with E-state index >= 15 is 0 Å². The minimum Gasteiger partial charge on any atom is -0.480 e. The number of hydrogen-bond donors (Lipinski definition) is 7. The molecule has 57 heavy (non-hydrogen) atoms. The number of aliphatic carboxylic acids is 3. The van der Waals surface area contributed by atoms with Crippen LogP contribution in [0, 0.1) is 0 Å². The smallest absolute Gasteiger partial charge is 0.317 e. The summed E-state index contributed by atoms with van der Waals surface area (Å²) in [7, 11) is 1.57. The lowest BCUT2D eigenvalue weighted by Crippen LogP contribution is -2.46. The monoisotopic (exact) mass is 801 g/mol. The summed E-state index contributed by atoms with van der Waals surface area (Å²) in [6.07, 6.45) is 8.24. The van der Waals surface area contributed by atoms with Crippen LogP contribution in [0.1, 0.15) is 52.9 Å². The molecule has 4 heterocycles. The van der Waals surface area contributed by atoms with Crippen LogP contribution in [-0.4, -0.2) is 170 Å². The fourth-order valence-corrected chi connectivity index (χ4v) is 6.35. The van der Waals surface area contributed by atoms with E-state index < -0.39 is 17.9 Å². The molecule has 1 aliphatic heterocycles. The van der Waals surface area contributed by atoms with E-state index in [-0.39, 0.29) is 44.2 Å². The summed E-state index contributed by atoms with van der Waals surface area (Å²) in [6.45, 7) is 10.5. The maximum atomic E-state index is 12.9. The van der Waals surface area contributed by atoms with Gasteiger partial charge in [-0.2, -0.15) is 9.97 Å². The fourth-order valence-electron chi connectivity index (χ4n) is 6.35. The minimum atomic E-state index is -1.02. The molecule has 4 rings (SSSR count). The van der Waals surface area contributed by atoms with Gasteiger partial charge in [0.1, 0.15) is 5.69 Å². The van der Waals surface area contributed by atoms with Gasteiger partial charge in [-0.15, -0.1) is 5.10 Å². The van der Waals surface area contributed by atoms with Gasteiger partial charge in [0.25, 0.3) is 5.88 Å². The predicted molar refractivity (Wildman–Crippen MR) is 212 cm³/mol. The highest BCUT2D eigenvalue weighted by Gasteiger charge is 2.25. The Hall–Kier alpha value is -5.12. The third kappa shape index (κ3) is 14.7. The maximum absolute atomic E-state index is 12.9. The quantitative estimate of drug-likeness (QED) is 0.0517. The molecule has 21 nitrogen and oxygen atoms in total. The largest absolute Gasteiger partial charge is 0.480 e. The Balaban J connectivity index is 1.27. The molecule has 0 bridgehead atoms. The molecule has 7 N–H and O–H groups in total. The normalized spacial score (nSPS) is 13.2. The molecule has 0 radical (unpaired) electrons. The molecule has 0 saturated carbocycles. The third-order valence-corrected chi connectivity index (χ3v) is 9.28. The van der Waals surface area contributed by atoms with Gasteiger partial charge in [-0.3, -0.25) is 33.7 Å². The van der Waals surface area contributed by atoms with Crippen molar-refractivity contribution in [3.05, 3.63) is 12.5 Å². The van der Waals surface area contributed by atoms with Gasteiger partial charge in [0.05, 0.1) is 45.8 Å². The van der Waals surface area contributed by atoms with Crippen molar-refractivity contribution >= 4 is 52.4 Å². The molecule has 1 amide bonds. The number of methoxy groups -OCH3 is 1. The lowest BCUT2D eigenvalue weighted by atomic mass is 10.1. The van der Waals surface area contributed by atoms with Crippen molar-refractivity contribution in [3.8, 4) is 5.88 Å². The number of amides is 1. The Morgan fingerprint density at radius 3 is 2.09 bits per heavy atom. The number of fused-ring (bicyclic) bond motifs is 1. The first kappa shape index (κ1) is 44.6. The topological polar surface area (TPSA) is 257 Å². The van der Waals surface area contributed by atoms with E-state index in [1.54, 1.807) is 18.3 Å². The standard InChI is InChI=1S/C36H59N13O8/c1-36(2,3)49-25-40-31-32(42-35(43-33(31)49)47-13-8-9-14-47)41-26-22-48(44-34(26)57-4)15-7-5-6-10-39-27(50)23-45(16-11-37-20-28(51)52)18-19-46(24-30(55)56)17-12-38-21-29(53)54/h22,25,37-38H,5-21,23-24H2,1-4H3,(H,39,50)(H,51,52)(H,53,54)(H,55,56)(H,41,42,43). The number of carboxylic acids is 3. The average molecular weight is 802 g/mol. The van der Waals surface area contributed by atoms with Crippen LogP contribution in [0.25, 0.3) is 11.2 Å². The molecule has 0 spiro atoms. The van der Waals surface area contributed by atoms with Crippen molar-refractivity contribution in [2.24, 2.45) is 0 Å². The van der Waals surface area contributed by atoms with E-state index in [2.05, 4.69) is 61.6 Å². The van der Waals surface area contributed by atoms with Crippen molar-refractivity contribution in [1.29, 1.82) is 0 Å². The second-order valence-electron chi connectivity index (χ2n) is 15.0. The first-order valence-corrected chi connectivity index (χ1v) is 19.4. The van der Waals surface area contributed by atoms with Crippen LogP contribution in [0.15, 0.2) is 12.5 Å². The Kier molecular flexibility index (Phi) is 17.2. The second kappa shape index (κ2) is 22.0. The SMILES string of the molecule is COc1nn(CCCCCNC(=O)CN(CCNCC(=O)O)CCN(CCNCC(=O)O)CC(=O)O)cc1Nc1nc(N2CCCC2)nc2c1ncn2C(C)(C)C. The van der Waals surface area contributed by atoms with Gasteiger partial charge in [-0.25, -0.2) is 4.98 Å². The van der Waals surface area contributed by atoms with Crippen molar-refractivity contribution in [3.63, 3.8) is 0 Å². The summed E-state index contributed by atoms with van der Waals surface area (Å²) in [4.78, 5) is 66.2. The molecule has 1 fully saturated rings. The number of ether oxygens (including phenoxy) is 1. The molecule has 0 unspecified atom stereocenters. The summed E-state index contributed by atoms with van der Waals surface area (Å²) in [6, 6.07) is 0. The van der Waals surface area contributed by atoms with Crippen LogP contribution in [0.2, 0.25) is 0 Å². The molecule has 21 heteroatoms. The van der Waals surface area contributed by atoms with Crippen LogP contribution in [-0.2, 0) is 31.3 Å². The Labute approximate surface area is 332 Å². The van der Waals surface area contributed by atoms with Crippen LogP contribution >= 0.6 is 0 Å². The number of hydrogen-bond acceptors (Lipinski definition) is 15. The van der Waals surface area contributed by atoms with Crippen LogP contribution in [0.3, 0.4) is 0 Å². The van der Waals surface area contributed by atoms with Gasteiger partial charge in [-0.1, -0.05) is 0 Å². The number of anilines is 3. The molecule has 0 aliphatic carbocycles. The first-order valence-electron chi connectivity index (χ1n) is 19.4. The number of carbonyl (C=O) groups excluding carboxylic acids is 1. The lowest BCUT2D eigenvalue weighted by Gasteiger charge is -2.26. The number of carboxylic acid groups (broad SMARTS) is 3. The van der Waals surface area contributed by atoms with Crippen LogP contribution < -0.4 is 30.9 Å². The summed E-state index contributed by atoms with van der Waals surface area (Å²) in [5, 5.41) is 43.7. The number of rotatable bonds is 27. The molecular weight excluding hydrogens is 742 g/mol. The number of unbranched alkanes of at least 4 members (excludes halogenated alkanes) is 2. The highest BCUT2D eigenvalue weighted by atomic mass is 16.5. The maximum Gasteiger partial charge on any atom is 0.317 e. The number of imidazole rings is 1. The fraction of sp³-hybridized carbons (Fsp3) is 0.667. The van der Waals surface area contributed by atoms with Crippen molar-refractivity contribution in [2.45, 2.75) is 65.0 Å². The molecule has 316 valence electrons. The first-order chi connectivity index (χ1) is 27.2. The summed E-state index contributed by atoms with van der Waals surface area (Å²) < 4.78 is 9.49. The molecular formula is C36H59N13O8. The summed E-state index contributed by atoms with van der Waals surface area (Å²) >= 11 is 0. The number of nitrogens with zero attached hydrogens (tertiary/aromatic N) is 9. The van der Waals surface area contributed by atoms with E-state index in [0.29, 0.717) is 74.7 Å². The predicted octanol–water partition coefficient (Wildman–Crippen LogP) is 0.454. The zero-order chi connectivity index (χ0) is 41.4. The lowest BCUT2D eigenvalue weighted by molar-refractivity contribution is -0.139. The molecule has 0 aromatic carbocycles. The second-order valence-corrected chi connectivity index (χ2v) is 15.0. The number of aromatic nitrogens is 6. The van der Waals surface area contributed by atoms with Crippen molar-refractivity contribution in [1.82, 2.24) is 55.0 Å². The van der Waals surface area contributed by atoms with E-state index in [4.69, 9.17) is 24.9 Å². The summed E-state index contributed by atoms with van der Waals surface area (Å²) in [5.74, 6) is -1.56. The highest BCUT2D eigenvalue weighted by molar-refractivity contribution is 5.87. The Bertz CT molecular complexity index is 1770. The van der Waals surface area contributed by atoms with E-state index in [1.807, 2.05) is 15.8 Å². The molecule has 0 atom stereocenters. The number of nitrogens with one attached hydrogen (secondary N) is 4. The van der Waals surface area contributed by atoms with E-state index in [9.17, 15) is 24.3 Å². The van der Waals surface area contributed by atoms with Crippen molar-refractivity contribution < 1.29 is 39.2 Å². The van der Waals surface area contributed by atoms with Crippen molar-refractivity contribution in [2.75, 3.05) is 102 Å². The van der Waals surface area contributed by atoms with Gasteiger partial charge in [0.2, 0.25) is 11.9 Å². The summed E-state index contributed by atoms with van der Waals surface area (Å²) in [5.41, 5.74) is 1.84. The van der Waals surface area contributed by atoms with Gasteiger partial charge >= 0.3 is 17.9 Å². The van der Waals surface area contributed by atoms with Gasteiger partial charge < -0.3 is 50.8 Å². The zero-order valence-electron chi connectivity index (χ0n) is 33.5. The molecule has 3 aromatic rings. The number of carbonyl (C=O) groups is 4. The van der Waals surface area contributed by atoms with Crippen LogP contribution in [0.4, 0.5) is 17.5 Å². The number of aryl methyl sites for hydroxylation is 1. The molecule has 1 aliphatic rings. The Morgan fingerprint density at radius 1 is 0.842 bits per heavy atom.